The summed E-state index contributed by atoms with van der Waals surface area (Å²) in [5, 5.41) is 0.956. The molecule has 3 nitrogen and oxygen atoms in total. The van der Waals surface area contributed by atoms with Gasteiger partial charge in [-0.05, 0) is 43.3 Å². The summed E-state index contributed by atoms with van der Waals surface area (Å²) in [6.07, 6.45) is 3.82. The highest BCUT2D eigenvalue weighted by atomic mass is 35.5. The average molecular weight is 367 g/mol. The maximum atomic E-state index is 6.06. The number of rotatable bonds is 4. The van der Waals surface area contributed by atoms with Crippen molar-refractivity contribution in [3.8, 4) is 11.5 Å². The molecule has 2 rings (SSSR count). The highest BCUT2D eigenvalue weighted by molar-refractivity contribution is 7.80. The number of halogens is 3. The zero-order valence-electron chi connectivity index (χ0n) is 11.2. The second-order valence-corrected chi connectivity index (χ2v) is 6.22. The van der Waals surface area contributed by atoms with E-state index in [1.165, 1.54) is 6.08 Å². The molecule has 0 spiro atoms. The first-order valence-corrected chi connectivity index (χ1v) is 8.01. The lowest BCUT2D eigenvalue weighted by molar-refractivity contribution is 0.359. The molecular formula is C14H14Cl3NO2S. The molecule has 0 radical (unpaired) electrons. The number of ether oxygens (including phenoxy) is 2. The lowest BCUT2D eigenvalue weighted by atomic mass is 10.3. The van der Waals surface area contributed by atoms with Crippen molar-refractivity contribution < 1.29 is 9.47 Å². The van der Waals surface area contributed by atoms with Crippen molar-refractivity contribution in [2.24, 2.45) is 0 Å². The van der Waals surface area contributed by atoms with Crippen LogP contribution in [-0.4, -0.2) is 29.8 Å². The molecule has 0 N–H and O–H groups in total. The van der Waals surface area contributed by atoms with Crippen LogP contribution in [-0.2, 0) is 0 Å². The zero-order valence-corrected chi connectivity index (χ0v) is 14.2. The maximum Gasteiger partial charge on any atom is 0.264 e. The van der Waals surface area contributed by atoms with E-state index >= 15 is 0 Å². The van der Waals surface area contributed by atoms with Crippen molar-refractivity contribution in [1.82, 2.24) is 4.90 Å². The van der Waals surface area contributed by atoms with Crippen molar-refractivity contribution in [1.29, 1.82) is 0 Å². The van der Waals surface area contributed by atoms with Crippen LogP contribution in [0.4, 0.5) is 0 Å². The quantitative estimate of drug-likeness (QED) is 0.714. The highest BCUT2D eigenvalue weighted by Crippen LogP contribution is 2.29. The first-order valence-electron chi connectivity index (χ1n) is 6.46. The van der Waals surface area contributed by atoms with E-state index in [2.05, 4.69) is 0 Å². The molecule has 1 aromatic rings. The van der Waals surface area contributed by atoms with E-state index in [0.717, 1.165) is 25.9 Å². The molecule has 0 amide bonds. The Kier molecular flexibility index (Phi) is 6.42. The summed E-state index contributed by atoms with van der Waals surface area (Å²) >= 11 is 22.4. The summed E-state index contributed by atoms with van der Waals surface area (Å²) in [5.74, 6) is 1.08. The Balaban J connectivity index is 2.00. The molecule has 1 aliphatic rings. The Morgan fingerprint density at radius 1 is 1.29 bits per heavy atom. The molecule has 1 saturated heterocycles. The standard InChI is InChI=1S/C14H14Cl3NO2S/c15-11-4-3-10(9-12(11)19-8-5-13(16)17)20-14(21)18-6-1-2-7-18/h3-5,9H,1-2,6-8H2. The highest BCUT2D eigenvalue weighted by Gasteiger charge is 2.16. The topological polar surface area (TPSA) is 21.7 Å². The Morgan fingerprint density at radius 3 is 2.67 bits per heavy atom. The average Bonchev–Trinajstić information content (AvgIpc) is 2.96. The molecule has 114 valence electrons. The lowest BCUT2D eigenvalue weighted by Crippen LogP contribution is -2.30. The van der Waals surface area contributed by atoms with Crippen LogP contribution >= 0.6 is 47.0 Å². The molecule has 1 heterocycles. The molecule has 0 aromatic heterocycles. The number of likely N-dealkylation sites (tertiary alicyclic amines) is 1. The molecule has 0 bridgehead atoms. The first kappa shape index (κ1) is 16.7. The van der Waals surface area contributed by atoms with E-state index in [4.69, 9.17) is 56.5 Å². The van der Waals surface area contributed by atoms with Gasteiger partial charge in [0.1, 0.15) is 22.6 Å². The second kappa shape index (κ2) is 8.08. The van der Waals surface area contributed by atoms with Crippen molar-refractivity contribution in [3.05, 3.63) is 33.8 Å². The molecule has 1 aromatic carbocycles. The second-order valence-electron chi connectivity index (χ2n) is 4.46. The smallest absolute Gasteiger partial charge is 0.264 e. The maximum absolute atomic E-state index is 6.06. The molecule has 0 aliphatic carbocycles. The van der Waals surface area contributed by atoms with Crippen LogP contribution in [0.25, 0.3) is 0 Å². The minimum Gasteiger partial charge on any atom is -0.488 e. The molecular weight excluding hydrogens is 353 g/mol. The van der Waals surface area contributed by atoms with Gasteiger partial charge in [-0.3, -0.25) is 0 Å². The van der Waals surface area contributed by atoms with E-state index in [-0.39, 0.29) is 11.1 Å². The van der Waals surface area contributed by atoms with Gasteiger partial charge in [0.25, 0.3) is 5.17 Å². The minimum atomic E-state index is 0.147. The van der Waals surface area contributed by atoms with E-state index in [1.54, 1.807) is 18.2 Å². The summed E-state index contributed by atoms with van der Waals surface area (Å²) in [7, 11) is 0. The summed E-state index contributed by atoms with van der Waals surface area (Å²) in [5.41, 5.74) is 0. The molecule has 0 unspecified atom stereocenters. The molecule has 21 heavy (non-hydrogen) atoms. The van der Waals surface area contributed by atoms with Gasteiger partial charge in [0.05, 0.1) is 5.02 Å². The normalized spacial score (nSPS) is 14.0. The number of hydrogen-bond acceptors (Lipinski definition) is 3. The molecule has 1 fully saturated rings. The molecule has 0 atom stereocenters. The van der Waals surface area contributed by atoms with Crippen LogP contribution in [0.3, 0.4) is 0 Å². The third-order valence-electron chi connectivity index (χ3n) is 2.95. The number of thiocarbonyl (C=S) groups is 1. The lowest BCUT2D eigenvalue weighted by Gasteiger charge is -2.18. The molecule has 7 heteroatoms. The molecule has 0 saturated carbocycles. The number of nitrogens with zero attached hydrogens (tertiary/aromatic N) is 1. The summed E-state index contributed by atoms with van der Waals surface area (Å²) in [4.78, 5) is 2.04. The predicted octanol–water partition coefficient (Wildman–Crippen LogP) is 4.80. The summed E-state index contributed by atoms with van der Waals surface area (Å²) in [6.45, 7) is 2.10. The number of hydrogen-bond donors (Lipinski definition) is 0. The van der Waals surface area contributed by atoms with Crippen LogP contribution in [0.15, 0.2) is 28.8 Å². The van der Waals surface area contributed by atoms with Crippen LogP contribution < -0.4 is 9.47 Å². The van der Waals surface area contributed by atoms with Crippen LogP contribution in [0.2, 0.25) is 5.02 Å². The molecule has 1 aliphatic heterocycles. The fourth-order valence-electron chi connectivity index (χ4n) is 1.92. The SMILES string of the molecule is S=C(Oc1ccc(Cl)c(OCC=C(Cl)Cl)c1)N1CCCC1. The van der Waals surface area contributed by atoms with Crippen molar-refractivity contribution in [2.75, 3.05) is 19.7 Å². The number of benzene rings is 1. The van der Waals surface area contributed by atoms with Crippen LogP contribution in [0.5, 0.6) is 11.5 Å². The fraction of sp³-hybridized carbons (Fsp3) is 0.357. The van der Waals surface area contributed by atoms with Gasteiger partial charge in [-0.2, -0.15) is 0 Å². The van der Waals surface area contributed by atoms with Gasteiger partial charge in [-0.15, -0.1) is 0 Å². The van der Waals surface area contributed by atoms with E-state index in [9.17, 15) is 0 Å². The third kappa shape index (κ3) is 5.22. The van der Waals surface area contributed by atoms with Crippen molar-refractivity contribution in [2.45, 2.75) is 12.8 Å². The summed E-state index contributed by atoms with van der Waals surface area (Å²) in [6, 6.07) is 5.15. The van der Waals surface area contributed by atoms with Gasteiger partial charge in [0.15, 0.2) is 0 Å². The van der Waals surface area contributed by atoms with Gasteiger partial charge in [-0.1, -0.05) is 34.8 Å². The first-order chi connectivity index (χ1) is 10.1. The van der Waals surface area contributed by atoms with Gasteiger partial charge in [0.2, 0.25) is 0 Å². The summed E-state index contributed by atoms with van der Waals surface area (Å²) < 4.78 is 11.3. The Bertz CT molecular complexity index is 541. The van der Waals surface area contributed by atoms with E-state index in [0.29, 0.717) is 21.7 Å². The van der Waals surface area contributed by atoms with Gasteiger partial charge in [0, 0.05) is 19.2 Å². The fourth-order valence-corrected chi connectivity index (χ4v) is 2.49. The van der Waals surface area contributed by atoms with Crippen LogP contribution in [0, 0.1) is 0 Å². The van der Waals surface area contributed by atoms with Gasteiger partial charge >= 0.3 is 0 Å². The largest absolute Gasteiger partial charge is 0.488 e. The Hall–Kier alpha value is -0.680. The Labute approximate surface area is 144 Å². The van der Waals surface area contributed by atoms with E-state index < -0.39 is 0 Å². The monoisotopic (exact) mass is 365 g/mol. The minimum absolute atomic E-state index is 0.147. The third-order valence-corrected chi connectivity index (χ3v) is 3.91. The van der Waals surface area contributed by atoms with Gasteiger partial charge in [-0.25, -0.2) is 0 Å². The van der Waals surface area contributed by atoms with Crippen LogP contribution in [0.1, 0.15) is 12.8 Å². The zero-order chi connectivity index (χ0) is 15.2. The van der Waals surface area contributed by atoms with Crippen molar-refractivity contribution in [3.63, 3.8) is 0 Å². The van der Waals surface area contributed by atoms with Gasteiger partial charge < -0.3 is 14.4 Å². The predicted molar refractivity (Wildman–Crippen MR) is 90.8 cm³/mol. The Morgan fingerprint density at radius 2 is 2.00 bits per heavy atom. The van der Waals surface area contributed by atoms with Crippen molar-refractivity contribution >= 4 is 52.2 Å². The van der Waals surface area contributed by atoms with E-state index in [1.807, 2.05) is 4.90 Å².